The van der Waals surface area contributed by atoms with Gasteiger partial charge in [-0.2, -0.15) is 0 Å². The van der Waals surface area contributed by atoms with Crippen molar-refractivity contribution < 1.29 is 29.5 Å². The molecule has 40 heavy (non-hydrogen) atoms. The smallest absolute Gasteiger partial charge is 0.455 e. The summed E-state index contributed by atoms with van der Waals surface area (Å²) in [6.45, 7) is -0.224. The van der Waals surface area contributed by atoms with Crippen molar-refractivity contribution in [3.8, 4) is 5.75 Å². The Morgan fingerprint density at radius 3 is 2.60 bits per heavy atom. The molecule has 3 N–H and O–H groups in total. The van der Waals surface area contributed by atoms with E-state index >= 15 is 0 Å². The predicted molar refractivity (Wildman–Crippen MR) is 152 cm³/mol. The molecule has 2 aliphatic heterocycles. The number of pyridine rings is 1. The van der Waals surface area contributed by atoms with E-state index in [1.165, 1.54) is 11.9 Å². The summed E-state index contributed by atoms with van der Waals surface area (Å²) < 4.78 is 6.04. The molecule has 0 saturated carbocycles. The van der Waals surface area contributed by atoms with Gasteiger partial charge in [0.1, 0.15) is 5.75 Å². The molecule has 2 aromatic carbocycles. The molecular formula is C31H31BN2O6. The number of aliphatic hydroxyl groups is 1. The number of rotatable bonds is 6. The minimum Gasteiger partial charge on any atom is -0.507 e. The molecule has 0 radical (unpaired) electrons. The van der Waals surface area contributed by atoms with Crippen molar-refractivity contribution in [1.82, 2.24) is 9.88 Å². The highest BCUT2D eigenvalue weighted by Crippen LogP contribution is 2.50. The Kier molecular flexibility index (Phi) is 7.04. The van der Waals surface area contributed by atoms with Gasteiger partial charge >= 0.3 is 7.12 Å². The maximum atomic E-state index is 13.1. The minimum atomic E-state index is -1.07. The Balaban J connectivity index is 1.36. The van der Waals surface area contributed by atoms with E-state index in [1.807, 2.05) is 48.5 Å². The number of likely N-dealkylation sites (tertiary alicyclic amines) is 1. The van der Waals surface area contributed by atoms with Gasteiger partial charge in [0.2, 0.25) is 11.8 Å². The van der Waals surface area contributed by atoms with Crippen molar-refractivity contribution >= 4 is 41.4 Å². The summed E-state index contributed by atoms with van der Waals surface area (Å²) in [6, 6.07) is 17.0. The van der Waals surface area contributed by atoms with Crippen molar-refractivity contribution in [3.63, 3.8) is 0 Å². The molecule has 3 aliphatic rings. The van der Waals surface area contributed by atoms with Gasteiger partial charge in [0.05, 0.1) is 30.2 Å². The zero-order valence-electron chi connectivity index (χ0n) is 22.2. The summed E-state index contributed by atoms with van der Waals surface area (Å²) in [4.78, 5) is 31.6. The molecule has 8 nitrogen and oxygen atoms in total. The molecule has 3 heterocycles. The van der Waals surface area contributed by atoms with Crippen LogP contribution in [0.25, 0.3) is 22.4 Å². The topological polar surface area (TPSA) is 120 Å². The highest BCUT2D eigenvalue weighted by Gasteiger charge is 2.56. The van der Waals surface area contributed by atoms with E-state index in [4.69, 9.17) is 4.65 Å². The first-order chi connectivity index (χ1) is 19.4. The van der Waals surface area contributed by atoms with E-state index in [9.17, 15) is 24.8 Å². The summed E-state index contributed by atoms with van der Waals surface area (Å²) in [5.41, 5.74) is 4.26. The number of hydrogen-bond acceptors (Lipinski definition) is 7. The quantitative estimate of drug-likeness (QED) is 0.249. The van der Waals surface area contributed by atoms with Crippen molar-refractivity contribution in [2.45, 2.75) is 31.7 Å². The number of allylic oxidation sites excluding steroid dienone is 1. The molecule has 0 bridgehead atoms. The summed E-state index contributed by atoms with van der Waals surface area (Å²) in [7, 11) is 0.431. The van der Waals surface area contributed by atoms with Crippen molar-refractivity contribution in [2.24, 2.45) is 17.8 Å². The van der Waals surface area contributed by atoms with Gasteiger partial charge in [-0.3, -0.25) is 19.5 Å². The summed E-state index contributed by atoms with van der Waals surface area (Å²) in [6.07, 6.45) is 4.84. The fraction of sp³-hybridized carbons (Fsp3) is 0.323. The van der Waals surface area contributed by atoms with E-state index in [1.54, 1.807) is 12.3 Å². The van der Waals surface area contributed by atoms with Crippen LogP contribution < -0.4 is 0 Å². The molecule has 6 rings (SSSR count). The van der Waals surface area contributed by atoms with Crippen LogP contribution in [-0.2, 0) is 14.2 Å². The number of phenols is 1. The number of imide groups is 1. The van der Waals surface area contributed by atoms with Gasteiger partial charge in [0.25, 0.3) is 0 Å². The van der Waals surface area contributed by atoms with E-state index in [0.29, 0.717) is 19.3 Å². The number of phenolic OH excluding ortho intramolecular Hbond substituents is 1. The molecular weight excluding hydrogens is 507 g/mol. The maximum absolute atomic E-state index is 13.1. The predicted octanol–water partition coefficient (Wildman–Crippen LogP) is 3.68. The summed E-state index contributed by atoms with van der Waals surface area (Å²) in [5.74, 6) is -1.65. The lowest BCUT2D eigenvalue weighted by Gasteiger charge is -2.43. The molecule has 2 fully saturated rings. The Hall–Kier alpha value is -3.79. The van der Waals surface area contributed by atoms with Crippen LogP contribution in [0.2, 0.25) is 6.32 Å². The average molecular weight is 538 g/mol. The van der Waals surface area contributed by atoms with Gasteiger partial charge in [-0.25, -0.2) is 0 Å². The summed E-state index contributed by atoms with van der Waals surface area (Å²) in [5, 5.41) is 33.1. The van der Waals surface area contributed by atoms with Gasteiger partial charge in [0, 0.05) is 18.6 Å². The molecule has 2 amide bonds. The maximum Gasteiger partial charge on any atom is 0.455 e. The number of carbonyl (C=O) groups excluding carboxylic acids is 2. The molecule has 0 unspecified atom stereocenters. The molecule has 9 heteroatoms. The first kappa shape index (κ1) is 26.4. The third-order valence-electron chi connectivity index (χ3n) is 8.65. The number of amides is 2. The second kappa shape index (κ2) is 10.7. The van der Waals surface area contributed by atoms with Crippen LogP contribution >= 0.6 is 0 Å². The number of aromatic nitrogens is 1. The third kappa shape index (κ3) is 4.54. The van der Waals surface area contributed by atoms with Crippen LogP contribution in [0, 0.1) is 17.8 Å². The molecule has 1 aliphatic carbocycles. The van der Waals surface area contributed by atoms with Gasteiger partial charge in [-0.1, -0.05) is 36.4 Å². The van der Waals surface area contributed by atoms with Gasteiger partial charge < -0.3 is 19.9 Å². The van der Waals surface area contributed by atoms with Gasteiger partial charge in [-0.05, 0) is 83.4 Å². The molecule has 2 saturated heterocycles. The van der Waals surface area contributed by atoms with Crippen molar-refractivity contribution in [3.05, 3.63) is 83.2 Å². The number of nitrogens with zero attached hydrogens (tertiary/aromatic N) is 2. The first-order valence-corrected chi connectivity index (χ1v) is 13.7. The number of benzene rings is 2. The zero-order valence-corrected chi connectivity index (χ0v) is 22.2. The number of hydrogen-bond donors (Lipinski definition) is 3. The molecule has 4 atom stereocenters. The van der Waals surface area contributed by atoms with Crippen LogP contribution in [-0.4, -0.2) is 63.8 Å². The number of fused-ring (bicyclic) bond motifs is 4. The Labute approximate surface area is 232 Å². The van der Waals surface area contributed by atoms with Crippen molar-refractivity contribution in [2.75, 3.05) is 13.7 Å². The van der Waals surface area contributed by atoms with E-state index in [2.05, 4.69) is 11.1 Å². The van der Waals surface area contributed by atoms with Crippen LogP contribution in [0.15, 0.2) is 71.9 Å². The molecule has 3 aromatic rings. The number of carbonyl (C=O) groups is 2. The highest BCUT2D eigenvalue weighted by molar-refractivity contribution is 6.43. The SMILES string of the molecule is CN1C(=O)[C@@H]2[C@@H](CC(CO)=C3[C@@H](CC/C(=C/c4ccc(O)c5ccccc45)c4ccccn4)OB(O)C[C@@H]32)C1=O. The minimum absolute atomic E-state index is 0.214. The Bertz CT molecular complexity index is 1540. The Morgan fingerprint density at radius 2 is 1.85 bits per heavy atom. The van der Waals surface area contributed by atoms with Crippen molar-refractivity contribution in [1.29, 1.82) is 0 Å². The number of aromatic hydroxyl groups is 1. The molecule has 204 valence electrons. The monoisotopic (exact) mass is 538 g/mol. The fourth-order valence-corrected chi connectivity index (χ4v) is 6.80. The highest BCUT2D eigenvalue weighted by atomic mass is 16.5. The average Bonchev–Trinajstić information content (AvgIpc) is 3.19. The largest absolute Gasteiger partial charge is 0.507 e. The number of aliphatic hydroxyl groups excluding tert-OH is 1. The van der Waals surface area contributed by atoms with E-state index in [0.717, 1.165) is 38.7 Å². The first-order valence-electron chi connectivity index (χ1n) is 13.7. The summed E-state index contributed by atoms with van der Waals surface area (Å²) >= 11 is 0. The normalized spacial score (nSPS) is 25.0. The zero-order chi connectivity index (χ0) is 28.0. The van der Waals surface area contributed by atoms with Crippen LogP contribution in [0.3, 0.4) is 0 Å². The lowest BCUT2D eigenvalue weighted by Crippen LogP contribution is -2.46. The molecule has 0 spiro atoms. The molecule has 1 aromatic heterocycles. The van der Waals surface area contributed by atoms with Crippen LogP contribution in [0.1, 0.15) is 30.5 Å². The lowest BCUT2D eigenvalue weighted by atomic mass is 9.58. The van der Waals surface area contributed by atoms with Crippen LogP contribution in [0.4, 0.5) is 0 Å². The van der Waals surface area contributed by atoms with Crippen LogP contribution in [0.5, 0.6) is 5.75 Å². The fourth-order valence-electron chi connectivity index (χ4n) is 6.80. The second-order valence-corrected chi connectivity index (χ2v) is 10.9. The Morgan fingerprint density at radius 1 is 1.07 bits per heavy atom. The van der Waals surface area contributed by atoms with E-state index < -0.39 is 25.1 Å². The standard InChI is InChI=1S/C31H31BN2O6/c1-34-30(37)23-15-20(17-35)28-24(29(23)31(34)38)16-32(39)40-27(28)12-10-19(25-8-4-5-13-33-25)14-18-9-11-26(36)22-7-3-2-6-21(18)22/h2-9,11,13-14,23-24,27,29,35-36,39H,10,12,15-17H2,1H3/b19-14-/t23-,24+,27-,29-/m1/s1. The van der Waals surface area contributed by atoms with E-state index in [-0.39, 0.29) is 36.4 Å². The van der Waals surface area contributed by atoms with Gasteiger partial charge in [-0.15, -0.1) is 0 Å². The lowest BCUT2D eigenvalue weighted by molar-refractivity contribution is -0.138. The second-order valence-electron chi connectivity index (χ2n) is 10.9. The van der Waals surface area contributed by atoms with Gasteiger partial charge in [0.15, 0.2) is 0 Å². The third-order valence-corrected chi connectivity index (χ3v) is 8.65.